The van der Waals surface area contributed by atoms with E-state index in [0.29, 0.717) is 30.8 Å². The lowest BCUT2D eigenvalue weighted by Gasteiger charge is -2.05. The van der Waals surface area contributed by atoms with Crippen LogP contribution in [-0.4, -0.2) is 28.0 Å². The Hall–Kier alpha value is -1.34. The molecule has 116 valence electrons. The predicted molar refractivity (Wildman–Crippen MR) is 80.9 cm³/mol. The Morgan fingerprint density at radius 3 is 2.48 bits per heavy atom. The molecular weight excluding hydrogens is 312 g/mol. The Morgan fingerprint density at radius 2 is 2.00 bits per heavy atom. The molecule has 21 heavy (non-hydrogen) atoms. The van der Waals surface area contributed by atoms with Crippen molar-refractivity contribution < 1.29 is 8.42 Å². The van der Waals surface area contributed by atoms with Crippen LogP contribution in [0.25, 0.3) is 0 Å². The third-order valence-corrected chi connectivity index (χ3v) is 4.78. The van der Waals surface area contributed by atoms with Crippen molar-refractivity contribution in [2.75, 3.05) is 0 Å². The maximum Gasteiger partial charge on any atom is 0.264 e. The molecule has 0 aliphatic carbocycles. The average Bonchev–Trinajstić information content (AvgIpc) is 2.98. The highest BCUT2D eigenvalue weighted by atomic mass is 35.7. The number of halogens is 1. The summed E-state index contributed by atoms with van der Waals surface area (Å²) in [6.07, 6.45) is 5.59. The second-order valence-corrected chi connectivity index (χ2v) is 7.37. The normalized spacial score (nSPS) is 12.0. The van der Waals surface area contributed by atoms with Crippen LogP contribution in [0.15, 0.2) is 17.3 Å². The summed E-state index contributed by atoms with van der Waals surface area (Å²) in [5.41, 5.74) is 2.29. The summed E-state index contributed by atoms with van der Waals surface area (Å²) in [4.78, 5) is 0.181. The molecule has 2 aromatic heterocycles. The van der Waals surface area contributed by atoms with E-state index in [1.807, 2.05) is 27.1 Å². The molecule has 0 saturated heterocycles. The molecule has 0 saturated carbocycles. The zero-order chi connectivity index (χ0) is 15.6. The number of nitrogens with zero attached hydrogens (tertiary/aromatic N) is 4. The second kappa shape index (κ2) is 6.19. The first-order chi connectivity index (χ1) is 9.86. The second-order valence-electron chi connectivity index (χ2n) is 4.86. The summed E-state index contributed by atoms with van der Waals surface area (Å²) in [5, 5.41) is 8.53. The van der Waals surface area contributed by atoms with E-state index >= 15 is 0 Å². The fourth-order valence-electron chi connectivity index (χ4n) is 2.41. The minimum atomic E-state index is -3.77. The highest BCUT2D eigenvalue weighted by Crippen LogP contribution is 2.25. The van der Waals surface area contributed by atoms with E-state index in [9.17, 15) is 8.42 Å². The summed E-state index contributed by atoms with van der Waals surface area (Å²) in [6, 6.07) is 0. The fraction of sp³-hybridized carbons (Fsp3) is 0.538. The zero-order valence-corrected chi connectivity index (χ0v) is 13.9. The van der Waals surface area contributed by atoms with E-state index in [1.54, 1.807) is 15.6 Å². The Labute approximate surface area is 129 Å². The van der Waals surface area contributed by atoms with Crippen molar-refractivity contribution in [2.45, 2.75) is 44.6 Å². The molecule has 0 aliphatic rings. The van der Waals surface area contributed by atoms with Gasteiger partial charge in [0.15, 0.2) is 0 Å². The van der Waals surface area contributed by atoms with Gasteiger partial charge < -0.3 is 0 Å². The highest BCUT2D eigenvalue weighted by molar-refractivity contribution is 8.13. The average molecular weight is 331 g/mol. The molecule has 0 bridgehead atoms. The topological polar surface area (TPSA) is 69.8 Å². The first kappa shape index (κ1) is 16.0. The van der Waals surface area contributed by atoms with Gasteiger partial charge in [-0.3, -0.25) is 9.36 Å². The standard InChI is InChI=1S/C13H19ClN4O2S/c1-4-11-13(21(14,19)20)12(5-2)18(16-11)7-6-10-8-15-17(3)9-10/h8-9H,4-7H2,1-3H3. The first-order valence-electron chi connectivity index (χ1n) is 6.87. The Balaban J connectivity index is 2.33. The molecule has 0 N–H and O–H groups in total. The van der Waals surface area contributed by atoms with Crippen LogP contribution in [0.5, 0.6) is 0 Å². The number of rotatable bonds is 6. The molecule has 2 aromatic rings. The molecule has 0 aliphatic heterocycles. The lowest BCUT2D eigenvalue weighted by molar-refractivity contribution is 0.577. The number of aryl methyl sites for hydroxylation is 4. The van der Waals surface area contributed by atoms with E-state index in [4.69, 9.17) is 10.7 Å². The molecule has 0 radical (unpaired) electrons. The molecule has 2 heterocycles. The van der Waals surface area contributed by atoms with Gasteiger partial charge in [-0.25, -0.2) is 8.42 Å². The minimum Gasteiger partial charge on any atom is -0.276 e. The van der Waals surface area contributed by atoms with Crippen LogP contribution in [0.4, 0.5) is 0 Å². The third-order valence-electron chi connectivity index (χ3n) is 3.36. The van der Waals surface area contributed by atoms with Gasteiger partial charge in [-0.05, 0) is 24.8 Å². The van der Waals surface area contributed by atoms with Crippen LogP contribution >= 0.6 is 10.7 Å². The van der Waals surface area contributed by atoms with Crippen LogP contribution in [0.3, 0.4) is 0 Å². The molecule has 0 spiro atoms. The summed E-state index contributed by atoms with van der Waals surface area (Å²) in [7, 11) is 3.66. The van der Waals surface area contributed by atoms with Crippen molar-refractivity contribution in [1.82, 2.24) is 19.6 Å². The van der Waals surface area contributed by atoms with Gasteiger partial charge in [-0.1, -0.05) is 13.8 Å². The minimum absolute atomic E-state index is 0.181. The van der Waals surface area contributed by atoms with E-state index in [2.05, 4.69) is 10.2 Å². The van der Waals surface area contributed by atoms with E-state index in [1.165, 1.54) is 0 Å². The van der Waals surface area contributed by atoms with Gasteiger partial charge in [0.1, 0.15) is 4.90 Å². The van der Waals surface area contributed by atoms with E-state index < -0.39 is 9.05 Å². The van der Waals surface area contributed by atoms with Gasteiger partial charge in [0.05, 0.1) is 17.6 Å². The molecule has 2 rings (SSSR count). The Morgan fingerprint density at radius 1 is 1.29 bits per heavy atom. The van der Waals surface area contributed by atoms with Gasteiger partial charge in [0.2, 0.25) is 0 Å². The lowest BCUT2D eigenvalue weighted by atomic mass is 10.2. The van der Waals surface area contributed by atoms with Crippen LogP contribution in [-0.2, 0) is 41.9 Å². The fourth-order valence-corrected chi connectivity index (χ4v) is 3.94. The van der Waals surface area contributed by atoms with E-state index in [-0.39, 0.29) is 4.90 Å². The smallest absolute Gasteiger partial charge is 0.264 e. The molecule has 6 nitrogen and oxygen atoms in total. The molecule has 0 aromatic carbocycles. The maximum atomic E-state index is 11.8. The van der Waals surface area contributed by atoms with Gasteiger partial charge in [-0.15, -0.1) is 0 Å². The van der Waals surface area contributed by atoms with Crippen molar-refractivity contribution in [2.24, 2.45) is 7.05 Å². The van der Waals surface area contributed by atoms with Crippen molar-refractivity contribution in [3.63, 3.8) is 0 Å². The van der Waals surface area contributed by atoms with Gasteiger partial charge in [-0.2, -0.15) is 10.2 Å². The number of hydrogen-bond donors (Lipinski definition) is 0. The van der Waals surface area contributed by atoms with Crippen molar-refractivity contribution >= 4 is 19.7 Å². The van der Waals surface area contributed by atoms with Crippen molar-refractivity contribution in [1.29, 1.82) is 0 Å². The summed E-state index contributed by atoms with van der Waals surface area (Å²) in [5.74, 6) is 0. The van der Waals surface area contributed by atoms with Gasteiger partial charge in [0.25, 0.3) is 9.05 Å². The number of hydrogen-bond acceptors (Lipinski definition) is 4. The highest BCUT2D eigenvalue weighted by Gasteiger charge is 2.25. The summed E-state index contributed by atoms with van der Waals surface area (Å²) < 4.78 is 27.1. The molecule has 0 fully saturated rings. The monoisotopic (exact) mass is 330 g/mol. The summed E-state index contributed by atoms with van der Waals surface area (Å²) >= 11 is 0. The molecule has 8 heteroatoms. The molecule has 0 amide bonds. The number of aromatic nitrogens is 4. The SMILES string of the molecule is CCc1nn(CCc2cnn(C)c2)c(CC)c1S(=O)(=O)Cl. The Bertz CT molecular complexity index is 733. The molecule has 0 atom stereocenters. The lowest BCUT2D eigenvalue weighted by Crippen LogP contribution is -2.08. The molecule has 0 unspecified atom stereocenters. The third kappa shape index (κ3) is 3.47. The Kier molecular flexibility index (Phi) is 4.73. The van der Waals surface area contributed by atoms with Crippen LogP contribution < -0.4 is 0 Å². The van der Waals surface area contributed by atoms with Crippen molar-refractivity contribution in [3.8, 4) is 0 Å². The molecular formula is C13H19ClN4O2S. The van der Waals surface area contributed by atoms with Gasteiger partial charge >= 0.3 is 0 Å². The summed E-state index contributed by atoms with van der Waals surface area (Å²) in [6.45, 7) is 4.38. The van der Waals surface area contributed by atoms with Crippen molar-refractivity contribution in [3.05, 3.63) is 29.3 Å². The predicted octanol–water partition coefficient (Wildman–Crippen LogP) is 1.91. The van der Waals surface area contributed by atoms with Crippen LogP contribution in [0.1, 0.15) is 30.8 Å². The van der Waals surface area contributed by atoms with Gasteiger partial charge in [0, 0.05) is 30.5 Å². The maximum absolute atomic E-state index is 11.8. The van der Waals surface area contributed by atoms with Crippen LogP contribution in [0, 0.1) is 0 Å². The largest absolute Gasteiger partial charge is 0.276 e. The van der Waals surface area contributed by atoms with E-state index in [0.717, 1.165) is 12.0 Å². The zero-order valence-electron chi connectivity index (χ0n) is 12.4. The first-order valence-corrected chi connectivity index (χ1v) is 9.18. The quantitative estimate of drug-likeness (QED) is 0.759. The van der Waals surface area contributed by atoms with Crippen LogP contribution in [0.2, 0.25) is 0 Å².